The van der Waals surface area contributed by atoms with Gasteiger partial charge in [0, 0.05) is 13.6 Å². The molecule has 0 saturated carbocycles. The maximum absolute atomic E-state index is 11.6. The number of nitrogens with one attached hydrogen (secondary N) is 3. The van der Waals surface area contributed by atoms with Crippen LogP contribution in [0.3, 0.4) is 0 Å². The van der Waals surface area contributed by atoms with Crippen LogP contribution >= 0.6 is 24.0 Å². The topological polar surface area (TPSA) is 82.6 Å². The van der Waals surface area contributed by atoms with Gasteiger partial charge < -0.3 is 10.6 Å². The Hall–Kier alpha value is -1.81. The first-order valence-electron chi connectivity index (χ1n) is 9.79. The van der Waals surface area contributed by atoms with E-state index in [2.05, 4.69) is 65.4 Å². The van der Waals surface area contributed by atoms with Gasteiger partial charge in [-0.25, -0.2) is 8.42 Å². The molecule has 0 heterocycles. The molecule has 0 saturated heterocycles. The van der Waals surface area contributed by atoms with Gasteiger partial charge in [0.05, 0.1) is 18.0 Å². The molecular weight excluding hydrogens is 511 g/mol. The number of anilines is 1. The van der Waals surface area contributed by atoms with E-state index in [-0.39, 0.29) is 30.0 Å². The number of aliphatic imine (C=N–C) groups is 1. The van der Waals surface area contributed by atoms with Crippen LogP contribution in [0.4, 0.5) is 5.69 Å². The molecular formula is C22H33IN4O2S. The van der Waals surface area contributed by atoms with Crippen molar-refractivity contribution in [3.8, 4) is 0 Å². The fourth-order valence-corrected chi connectivity index (χ4v) is 3.65. The number of hydrogen-bond acceptors (Lipinski definition) is 3. The molecule has 30 heavy (non-hydrogen) atoms. The quantitative estimate of drug-likeness (QED) is 0.263. The number of guanidine groups is 1. The zero-order valence-corrected chi connectivity index (χ0v) is 21.4. The highest BCUT2D eigenvalue weighted by atomic mass is 127. The van der Waals surface area contributed by atoms with Crippen molar-refractivity contribution in [1.29, 1.82) is 0 Å². The van der Waals surface area contributed by atoms with Gasteiger partial charge in [0.25, 0.3) is 0 Å². The Balaban J connectivity index is 0.00000450. The third-order valence-corrected chi connectivity index (χ3v) is 5.05. The SMILES string of the molecule is CN=C(NCc1ccccc1NS(C)(=O)=O)NC(C)c1ccc(CC(C)C)cc1.I. The van der Waals surface area contributed by atoms with Gasteiger partial charge in [-0.1, -0.05) is 56.3 Å². The number of para-hydroxylation sites is 1. The third kappa shape index (κ3) is 8.91. The van der Waals surface area contributed by atoms with Crippen molar-refractivity contribution in [2.75, 3.05) is 18.0 Å². The lowest BCUT2D eigenvalue weighted by Crippen LogP contribution is -2.38. The number of sulfonamides is 1. The van der Waals surface area contributed by atoms with Crippen LogP contribution in [0, 0.1) is 5.92 Å². The zero-order valence-electron chi connectivity index (χ0n) is 18.3. The van der Waals surface area contributed by atoms with Crippen LogP contribution in [-0.2, 0) is 23.0 Å². The molecule has 2 rings (SSSR count). The van der Waals surface area contributed by atoms with Crippen molar-refractivity contribution >= 4 is 45.6 Å². The Morgan fingerprint density at radius 2 is 1.67 bits per heavy atom. The van der Waals surface area contributed by atoms with E-state index in [1.165, 1.54) is 11.1 Å². The molecule has 1 unspecified atom stereocenters. The van der Waals surface area contributed by atoms with Gasteiger partial charge in [-0.3, -0.25) is 9.71 Å². The first-order valence-corrected chi connectivity index (χ1v) is 11.7. The highest BCUT2D eigenvalue weighted by Crippen LogP contribution is 2.17. The number of halogens is 1. The summed E-state index contributed by atoms with van der Waals surface area (Å²) in [4.78, 5) is 4.29. The van der Waals surface area contributed by atoms with Gasteiger partial charge >= 0.3 is 0 Å². The van der Waals surface area contributed by atoms with Crippen LogP contribution in [0.2, 0.25) is 0 Å². The molecule has 0 bridgehead atoms. The fraction of sp³-hybridized carbons (Fsp3) is 0.409. The fourth-order valence-electron chi connectivity index (χ4n) is 3.05. The van der Waals surface area contributed by atoms with E-state index in [1.54, 1.807) is 19.2 Å². The molecule has 1 atom stereocenters. The zero-order chi connectivity index (χ0) is 21.4. The number of hydrogen-bond donors (Lipinski definition) is 3. The third-order valence-electron chi connectivity index (χ3n) is 4.46. The monoisotopic (exact) mass is 544 g/mol. The number of rotatable bonds is 8. The summed E-state index contributed by atoms with van der Waals surface area (Å²) in [5.74, 6) is 1.29. The van der Waals surface area contributed by atoms with Crippen molar-refractivity contribution in [2.24, 2.45) is 10.9 Å². The summed E-state index contributed by atoms with van der Waals surface area (Å²) in [5, 5.41) is 6.64. The summed E-state index contributed by atoms with van der Waals surface area (Å²) in [7, 11) is -1.62. The van der Waals surface area contributed by atoms with E-state index in [1.807, 2.05) is 12.1 Å². The van der Waals surface area contributed by atoms with E-state index >= 15 is 0 Å². The molecule has 6 nitrogen and oxygen atoms in total. The average Bonchev–Trinajstić information content (AvgIpc) is 2.65. The summed E-state index contributed by atoms with van der Waals surface area (Å²) in [5.41, 5.74) is 3.92. The Bertz CT molecular complexity index is 928. The standard InChI is InChI=1S/C22H32N4O2S.HI/c1-16(2)14-18-10-12-19(13-11-18)17(3)25-22(23-4)24-15-20-8-6-7-9-21(20)26-29(5,27)28;/h6-13,16-17,26H,14-15H2,1-5H3,(H2,23,24,25);1H. The lowest BCUT2D eigenvalue weighted by atomic mass is 10.00. The van der Waals surface area contributed by atoms with Gasteiger partial charge in [-0.2, -0.15) is 0 Å². The molecule has 0 radical (unpaired) electrons. The summed E-state index contributed by atoms with van der Waals surface area (Å²) < 4.78 is 25.7. The molecule has 0 aliphatic carbocycles. The molecule has 2 aromatic rings. The highest BCUT2D eigenvalue weighted by molar-refractivity contribution is 14.0. The van der Waals surface area contributed by atoms with Gasteiger partial charge in [0.15, 0.2) is 5.96 Å². The summed E-state index contributed by atoms with van der Waals surface area (Å²) in [6, 6.07) is 16.0. The lowest BCUT2D eigenvalue weighted by Gasteiger charge is -2.19. The lowest BCUT2D eigenvalue weighted by molar-refractivity contribution is 0.606. The molecule has 2 aromatic carbocycles. The second-order valence-electron chi connectivity index (χ2n) is 7.66. The highest BCUT2D eigenvalue weighted by Gasteiger charge is 2.10. The van der Waals surface area contributed by atoms with Gasteiger partial charge in [0.2, 0.25) is 10.0 Å². The maximum Gasteiger partial charge on any atom is 0.229 e. The van der Waals surface area contributed by atoms with Crippen molar-refractivity contribution in [1.82, 2.24) is 10.6 Å². The summed E-state index contributed by atoms with van der Waals surface area (Å²) in [6.07, 6.45) is 2.22. The molecule has 0 aliphatic heterocycles. The van der Waals surface area contributed by atoms with Crippen LogP contribution < -0.4 is 15.4 Å². The second-order valence-corrected chi connectivity index (χ2v) is 9.41. The number of benzene rings is 2. The Kier molecular flexibility index (Phi) is 10.6. The van der Waals surface area contributed by atoms with Gasteiger partial charge in [0.1, 0.15) is 0 Å². The molecule has 8 heteroatoms. The van der Waals surface area contributed by atoms with Crippen LogP contribution in [0.25, 0.3) is 0 Å². The van der Waals surface area contributed by atoms with Gasteiger partial charge in [-0.15, -0.1) is 24.0 Å². The van der Waals surface area contributed by atoms with Crippen molar-refractivity contribution in [3.05, 3.63) is 65.2 Å². The van der Waals surface area contributed by atoms with Crippen LogP contribution in [0.1, 0.15) is 43.5 Å². The van der Waals surface area contributed by atoms with Crippen LogP contribution in [-0.4, -0.2) is 27.7 Å². The van der Waals surface area contributed by atoms with E-state index in [9.17, 15) is 8.42 Å². The predicted molar refractivity (Wildman–Crippen MR) is 137 cm³/mol. The van der Waals surface area contributed by atoms with Crippen molar-refractivity contribution in [2.45, 2.75) is 39.8 Å². The minimum atomic E-state index is -3.33. The molecule has 0 spiro atoms. The molecule has 0 fully saturated rings. The minimum absolute atomic E-state index is 0. The van der Waals surface area contributed by atoms with Crippen molar-refractivity contribution < 1.29 is 8.42 Å². The minimum Gasteiger partial charge on any atom is -0.352 e. The Labute approximate surface area is 198 Å². The molecule has 0 aromatic heterocycles. The molecule has 0 aliphatic rings. The summed E-state index contributed by atoms with van der Waals surface area (Å²) in [6.45, 7) is 6.97. The van der Waals surface area contributed by atoms with Gasteiger partial charge in [-0.05, 0) is 42.0 Å². The van der Waals surface area contributed by atoms with E-state index in [0.717, 1.165) is 18.2 Å². The predicted octanol–water partition coefficient (Wildman–Crippen LogP) is 4.30. The second kappa shape index (κ2) is 12.1. The van der Waals surface area contributed by atoms with Crippen LogP contribution in [0.5, 0.6) is 0 Å². The smallest absolute Gasteiger partial charge is 0.229 e. The molecule has 3 N–H and O–H groups in total. The Morgan fingerprint density at radius 3 is 2.23 bits per heavy atom. The summed E-state index contributed by atoms with van der Waals surface area (Å²) >= 11 is 0. The number of nitrogens with zero attached hydrogens (tertiary/aromatic N) is 1. The van der Waals surface area contributed by atoms with Crippen LogP contribution in [0.15, 0.2) is 53.5 Å². The molecule has 0 amide bonds. The first-order chi connectivity index (χ1) is 13.7. The van der Waals surface area contributed by atoms with E-state index in [0.29, 0.717) is 24.1 Å². The van der Waals surface area contributed by atoms with E-state index < -0.39 is 10.0 Å². The maximum atomic E-state index is 11.6. The first kappa shape index (κ1) is 26.2. The van der Waals surface area contributed by atoms with Crippen molar-refractivity contribution in [3.63, 3.8) is 0 Å². The Morgan fingerprint density at radius 1 is 1.03 bits per heavy atom. The average molecular weight is 545 g/mol. The largest absolute Gasteiger partial charge is 0.352 e. The van der Waals surface area contributed by atoms with E-state index in [4.69, 9.17) is 0 Å². The normalized spacial score (nSPS) is 12.8. The molecule has 166 valence electrons.